The molecule has 19 heavy (non-hydrogen) atoms. The number of carbonyl (C=O) groups is 1. The van der Waals surface area contributed by atoms with Crippen LogP contribution < -0.4 is 5.32 Å². The maximum Gasteiger partial charge on any atom is 0.407 e. The van der Waals surface area contributed by atoms with Crippen LogP contribution in [0, 0.1) is 0 Å². The van der Waals surface area contributed by atoms with E-state index in [4.69, 9.17) is 4.74 Å². The van der Waals surface area contributed by atoms with E-state index in [0.717, 1.165) is 16.9 Å². The Hall–Kier alpha value is -1.81. The van der Waals surface area contributed by atoms with Gasteiger partial charge in [-0.25, -0.2) is 4.79 Å². The summed E-state index contributed by atoms with van der Waals surface area (Å²) in [5.41, 5.74) is 0.988. The van der Waals surface area contributed by atoms with E-state index in [-0.39, 0.29) is 12.1 Å². The van der Waals surface area contributed by atoms with Gasteiger partial charge in [0.1, 0.15) is 6.61 Å². The molecule has 0 saturated carbocycles. The van der Waals surface area contributed by atoms with Crippen molar-refractivity contribution in [3.63, 3.8) is 0 Å². The highest BCUT2D eigenvalue weighted by Gasteiger charge is 2.14. The lowest BCUT2D eigenvalue weighted by Gasteiger charge is -2.15. The molecule has 0 aliphatic carbocycles. The van der Waals surface area contributed by atoms with E-state index in [9.17, 15) is 4.79 Å². The highest BCUT2D eigenvalue weighted by atomic mass is 32.1. The van der Waals surface area contributed by atoms with Crippen LogP contribution >= 0.6 is 11.3 Å². The van der Waals surface area contributed by atoms with Gasteiger partial charge < -0.3 is 10.1 Å². The van der Waals surface area contributed by atoms with Crippen LogP contribution in [0.5, 0.6) is 0 Å². The first kappa shape index (κ1) is 13.6. The summed E-state index contributed by atoms with van der Waals surface area (Å²) < 4.78 is 5.21. The lowest BCUT2D eigenvalue weighted by Crippen LogP contribution is -2.28. The molecule has 0 radical (unpaired) electrons. The molecular weight excluding hydrogens is 258 g/mol. The van der Waals surface area contributed by atoms with Crippen LogP contribution in [0.3, 0.4) is 0 Å². The number of rotatable bonds is 5. The maximum absolute atomic E-state index is 11.8. The average molecular weight is 275 g/mol. The Morgan fingerprint density at radius 1 is 1.26 bits per heavy atom. The number of alkyl carbamates (subject to hydrolysis) is 1. The third kappa shape index (κ3) is 4.10. The summed E-state index contributed by atoms with van der Waals surface area (Å²) in [5, 5.41) is 4.90. The van der Waals surface area contributed by atoms with Crippen molar-refractivity contribution in [2.24, 2.45) is 0 Å². The summed E-state index contributed by atoms with van der Waals surface area (Å²) in [5.74, 6) is 0. The van der Waals surface area contributed by atoms with E-state index in [1.165, 1.54) is 0 Å². The summed E-state index contributed by atoms with van der Waals surface area (Å²) >= 11 is 1.64. The summed E-state index contributed by atoms with van der Waals surface area (Å²) in [6.45, 7) is 2.34. The standard InChI is InChI=1S/C15H17NO2S/c1-2-13(14-9-6-10-19-14)16-15(17)18-11-12-7-4-3-5-8-12/h3-10,13H,2,11H2,1H3,(H,16,17)/t13-/m0/s1. The molecule has 0 unspecified atom stereocenters. The zero-order valence-electron chi connectivity index (χ0n) is 10.8. The van der Waals surface area contributed by atoms with E-state index < -0.39 is 0 Å². The Morgan fingerprint density at radius 3 is 2.68 bits per heavy atom. The zero-order valence-corrected chi connectivity index (χ0v) is 11.7. The molecular formula is C15H17NO2S. The fourth-order valence-electron chi connectivity index (χ4n) is 1.77. The summed E-state index contributed by atoms with van der Waals surface area (Å²) in [4.78, 5) is 12.9. The Balaban J connectivity index is 1.84. The van der Waals surface area contributed by atoms with Crippen molar-refractivity contribution in [2.45, 2.75) is 26.0 Å². The highest BCUT2D eigenvalue weighted by molar-refractivity contribution is 7.10. The lowest BCUT2D eigenvalue weighted by molar-refractivity contribution is 0.135. The quantitative estimate of drug-likeness (QED) is 0.891. The molecule has 0 aliphatic heterocycles. The lowest BCUT2D eigenvalue weighted by atomic mass is 10.2. The van der Waals surface area contributed by atoms with E-state index in [1.807, 2.05) is 54.8 Å². The van der Waals surface area contributed by atoms with Gasteiger partial charge in [-0.2, -0.15) is 0 Å². The molecule has 1 heterocycles. The molecule has 1 atom stereocenters. The SMILES string of the molecule is CC[C@H](NC(=O)OCc1ccccc1)c1cccs1. The van der Waals surface area contributed by atoms with Crippen LogP contribution in [0.4, 0.5) is 4.79 Å². The van der Waals surface area contributed by atoms with Gasteiger partial charge >= 0.3 is 6.09 Å². The Labute approximate surface area is 117 Å². The molecule has 0 bridgehead atoms. The molecule has 0 spiro atoms. The number of benzene rings is 1. The number of thiophene rings is 1. The van der Waals surface area contributed by atoms with Crippen LogP contribution in [0.2, 0.25) is 0 Å². The molecule has 0 fully saturated rings. The molecule has 4 heteroatoms. The van der Waals surface area contributed by atoms with Crippen LogP contribution in [0.15, 0.2) is 47.8 Å². The van der Waals surface area contributed by atoms with E-state index >= 15 is 0 Å². The van der Waals surface area contributed by atoms with Crippen molar-refractivity contribution >= 4 is 17.4 Å². The number of ether oxygens (including phenoxy) is 1. The molecule has 0 saturated heterocycles. The van der Waals surface area contributed by atoms with Crippen LogP contribution in [0.25, 0.3) is 0 Å². The van der Waals surface area contributed by atoms with Gasteiger partial charge in [-0.15, -0.1) is 11.3 Å². The van der Waals surface area contributed by atoms with Gasteiger partial charge in [-0.3, -0.25) is 0 Å². The minimum Gasteiger partial charge on any atom is -0.445 e. The van der Waals surface area contributed by atoms with E-state index in [1.54, 1.807) is 11.3 Å². The first-order chi connectivity index (χ1) is 9.29. The van der Waals surface area contributed by atoms with Crippen molar-refractivity contribution in [1.82, 2.24) is 5.32 Å². The zero-order chi connectivity index (χ0) is 13.5. The molecule has 0 aliphatic rings. The average Bonchev–Trinajstić information content (AvgIpc) is 2.97. The van der Waals surface area contributed by atoms with Crippen LogP contribution in [-0.4, -0.2) is 6.09 Å². The fraction of sp³-hybridized carbons (Fsp3) is 0.267. The maximum atomic E-state index is 11.8. The molecule has 1 aromatic heterocycles. The molecule has 1 N–H and O–H groups in total. The number of hydrogen-bond donors (Lipinski definition) is 1. The first-order valence-corrected chi connectivity index (χ1v) is 7.18. The van der Waals surface area contributed by atoms with E-state index in [2.05, 4.69) is 5.32 Å². The summed E-state index contributed by atoms with van der Waals surface area (Å²) in [7, 11) is 0. The molecule has 2 aromatic rings. The summed E-state index contributed by atoms with van der Waals surface area (Å²) in [6, 6.07) is 13.7. The fourth-order valence-corrected chi connectivity index (χ4v) is 2.63. The minimum absolute atomic E-state index is 0.0308. The third-order valence-corrected chi connectivity index (χ3v) is 3.79. The second-order valence-corrected chi connectivity index (χ2v) is 5.16. The number of hydrogen-bond acceptors (Lipinski definition) is 3. The van der Waals surface area contributed by atoms with Crippen LogP contribution in [-0.2, 0) is 11.3 Å². The summed E-state index contributed by atoms with van der Waals surface area (Å²) in [6.07, 6.45) is 0.477. The first-order valence-electron chi connectivity index (χ1n) is 6.30. The third-order valence-electron chi connectivity index (χ3n) is 2.80. The van der Waals surface area contributed by atoms with Crippen molar-refractivity contribution in [3.8, 4) is 0 Å². The minimum atomic E-state index is -0.371. The Bertz CT molecular complexity index is 496. The van der Waals surface area contributed by atoms with Gasteiger partial charge in [0, 0.05) is 4.88 Å². The normalized spacial score (nSPS) is 11.8. The second-order valence-electron chi connectivity index (χ2n) is 4.18. The highest BCUT2D eigenvalue weighted by Crippen LogP contribution is 2.21. The van der Waals surface area contributed by atoms with Crippen molar-refractivity contribution in [3.05, 3.63) is 58.3 Å². The van der Waals surface area contributed by atoms with Gasteiger partial charge in [0.2, 0.25) is 0 Å². The van der Waals surface area contributed by atoms with Gasteiger partial charge in [0.15, 0.2) is 0 Å². The van der Waals surface area contributed by atoms with Crippen molar-refractivity contribution in [1.29, 1.82) is 0 Å². The number of nitrogens with one attached hydrogen (secondary N) is 1. The van der Waals surface area contributed by atoms with Gasteiger partial charge in [-0.05, 0) is 23.4 Å². The smallest absolute Gasteiger partial charge is 0.407 e. The Kier molecular flexibility index (Phi) is 4.98. The second kappa shape index (κ2) is 6.95. The molecule has 100 valence electrons. The van der Waals surface area contributed by atoms with Crippen molar-refractivity contribution < 1.29 is 9.53 Å². The van der Waals surface area contributed by atoms with Gasteiger partial charge in [-0.1, -0.05) is 43.3 Å². The van der Waals surface area contributed by atoms with Gasteiger partial charge in [0.25, 0.3) is 0 Å². The molecule has 3 nitrogen and oxygen atoms in total. The molecule has 1 amide bonds. The number of amides is 1. The van der Waals surface area contributed by atoms with E-state index in [0.29, 0.717) is 6.61 Å². The topological polar surface area (TPSA) is 38.3 Å². The monoisotopic (exact) mass is 275 g/mol. The predicted molar refractivity (Wildman–Crippen MR) is 77.1 cm³/mol. The predicted octanol–water partition coefficient (Wildman–Crippen LogP) is 4.13. The number of carbonyl (C=O) groups excluding carboxylic acids is 1. The Morgan fingerprint density at radius 2 is 2.05 bits per heavy atom. The molecule has 2 rings (SSSR count). The van der Waals surface area contributed by atoms with Gasteiger partial charge in [0.05, 0.1) is 6.04 Å². The van der Waals surface area contributed by atoms with Crippen molar-refractivity contribution in [2.75, 3.05) is 0 Å². The van der Waals surface area contributed by atoms with Crippen LogP contribution in [0.1, 0.15) is 29.8 Å². The molecule has 1 aromatic carbocycles. The largest absolute Gasteiger partial charge is 0.445 e.